The van der Waals surface area contributed by atoms with Gasteiger partial charge >= 0.3 is 0 Å². The number of hydrogen-bond acceptors (Lipinski definition) is 2. The summed E-state index contributed by atoms with van der Waals surface area (Å²) in [5.74, 6) is 0. The van der Waals surface area contributed by atoms with E-state index in [9.17, 15) is 4.79 Å². The number of hydrogen-bond donors (Lipinski definition) is 1. The molecule has 0 radical (unpaired) electrons. The molecule has 0 aliphatic heterocycles. The van der Waals surface area contributed by atoms with Gasteiger partial charge in [0.05, 0.1) is 0 Å². The maximum Gasteiger partial charge on any atom is 0.223 e. The molecule has 0 amide bonds. The lowest BCUT2D eigenvalue weighted by atomic mass is 9.81. The molecule has 1 aliphatic rings. The van der Waals surface area contributed by atoms with Crippen molar-refractivity contribution in [3.63, 3.8) is 0 Å². The monoisotopic (exact) mass is 175 g/mol. The summed E-state index contributed by atoms with van der Waals surface area (Å²) >= 11 is 5.28. The van der Waals surface area contributed by atoms with Crippen LogP contribution < -0.4 is 5.73 Å². The van der Waals surface area contributed by atoms with Gasteiger partial charge < -0.3 is 5.73 Å². The van der Waals surface area contributed by atoms with Crippen molar-refractivity contribution in [3.8, 4) is 0 Å². The predicted octanol–water partition coefficient (Wildman–Crippen LogP) is 1.80. The van der Waals surface area contributed by atoms with Crippen LogP contribution in [0.15, 0.2) is 0 Å². The van der Waals surface area contributed by atoms with E-state index >= 15 is 0 Å². The maximum atomic E-state index is 10.6. The van der Waals surface area contributed by atoms with Gasteiger partial charge in [-0.05, 0) is 24.4 Å². The van der Waals surface area contributed by atoms with E-state index in [0.717, 1.165) is 25.7 Å². The summed E-state index contributed by atoms with van der Waals surface area (Å²) in [6.07, 6.45) is 5.77. The molecule has 11 heavy (non-hydrogen) atoms. The number of halogens is 1. The largest absolute Gasteiger partial charge is 0.325 e. The van der Waals surface area contributed by atoms with Gasteiger partial charge in [-0.25, -0.2) is 0 Å². The van der Waals surface area contributed by atoms with Gasteiger partial charge in [0.25, 0.3) is 0 Å². The van der Waals surface area contributed by atoms with Gasteiger partial charge in [-0.15, -0.1) is 0 Å². The zero-order valence-corrected chi connectivity index (χ0v) is 7.36. The molecule has 1 saturated carbocycles. The highest BCUT2D eigenvalue weighted by Gasteiger charge is 2.29. The van der Waals surface area contributed by atoms with Crippen LogP contribution in [-0.4, -0.2) is 10.8 Å². The standard InChI is InChI=1S/C8H14ClNO/c9-7(11)6-8(10)4-2-1-3-5-8/h1-6,10H2. The number of carbonyl (C=O) groups excluding carboxylic acids is 1. The third-order valence-electron chi connectivity index (χ3n) is 2.34. The Morgan fingerprint density at radius 3 is 2.36 bits per heavy atom. The van der Waals surface area contributed by atoms with Gasteiger partial charge in [0.15, 0.2) is 0 Å². The van der Waals surface area contributed by atoms with Crippen LogP contribution in [0.2, 0.25) is 0 Å². The summed E-state index contributed by atoms with van der Waals surface area (Å²) in [6.45, 7) is 0. The van der Waals surface area contributed by atoms with E-state index in [0.29, 0.717) is 6.42 Å². The van der Waals surface area contributed by atoms with Crippen molar-refractivity contribution in [2.75, 3.05) is 0 Å². The third kappa shape index (κ3) is 2.80. The van der Waals surface area contributed by atoms with Gasteiger partial charge in [-0.2, -0.15) is 0 Å². The average molecular weight is 176 g/mol. The molecule has 0 aromatic heterocycles. The molecule has 3 heteroatoms. The van der Waals surface area contributed by atoms with Gasteiger partial charge in [0.2, 0.25) is 5.24 Å². The zero-order valence-electron chi connectivity index (χ0n) is 6.61. The highest BCUT2D eigenvalue weighted by molar-refractivity contribution is 6.63. The maximum absolute atomic E-state index is 10.6. The molecular formula is C8H14ClNO. The van der Waals surface area contributed by atoms with Gasteiger partial charge in [0, 0.05) is 12.0 Å². The van der Waals surface area contributed by atoms with Gasteiger partial charge in [-0.1, -0.05) is 19.3 Å². The first-order valence-corrected chi connectivity index (χ1v) is 4.47. The molecular weight excluding hydrogens is 162 g/mol. The summed E-state index contributed by atoms with van der Waals surface area (Å²) in [7, 11) is 0. The van der Waals surface area contributed by atoms with Crippen molar-refractivity contribution < 1.29 is 4.79 Å². The second kappa shape index (κ2) is 3.55. The molecule has 64 valence electrons. The number of rotatable bonds is 2. The molecule has 1 fully saturated rings. The lowest BCUT2D eigenvalue weighted by molar-refractivity contribution is -0.113. The number of carbonyl (C=O) groups is 1. The average Bonchev–Trinajstić information content (AvgIpc) is 1.85. The molecule has 1 aliphatic carbocycles. The van der Waals surface area contributed by atoms with E-state index in [1.165, 1.54) is 6.42 Å². The van der Waals surface area contributed by atoms with E-state index in [2.05, 4.69) is 0 Å². The van der Waals surface area contributed by atoms with Crippen molar-refractivity contribution in [2.45, 2.75) is 44.1 Å². The van der Waals surface area contributed by atoms with Crippen LogP contribution in [-0.2, 0) is 4.79 Å². The fourth-order valence-electron chi connectivity index (χ4n) is 1.71. The molecule has 0 atom stereocenters. The van der Waals surface area contributed by atoms with Crippen LogP contribution >= 0.6 is 11.6 Å². The highest BCUT2D eigenvalue weighted by atomic mass is 35.5. The van der Waals surface area contributed by atoms with E-state index in [1.54, 1.807) is 0 Å². The third-order valence-corrected chi connectivity index (χ3v) is 2.47. The second-order valence-electron chi connectivity index (χ2n) is 3.45. The zero-order chi connectivity index (χ0) is 8.32. The van der Waals surface area contributed by atoms with E-state index < -0.39 is 0 Å². The molecule has 0 bridgehead atoms. The molecule has 0 aromatic carbocycles. The Hall–Kier alpha value is -0.0800. The van der Waals surface area contributed by atoms with E-state index in [4.69, 9.17) is 17.3 Å². The van der Waals surface area contributed by atoms with Crippen LogP contribution in [0.5, 0.6) is 0 Å². The highest BCUT2D eigenvalue weighted by Crippen LogP contribution is 2.28. The van der Waals surface area contributed by atoms with Crippen molar-refractivity contribution in [1.82, 2.24) is 0 Å². The minimum Gasteiger partial charge on any atom is -0.325 e. The van der Waals surface area contributed by atoms with Crippen LogP contribution in [0, 0.1) is 0 Å². The van der Waals surface area contributed by atoms with Crippen molar-refractivity contribution in [2.24, 2.45) is 5.73 Å². The summed E-state index contributed by atoms with van der Waals surface area (Å²) in [6, 6.07) is 0. The molecule has 1 rings (SSSR count). The lowest BCUT2D eigenvalue weighted by Gasteiger charge is -2.31. The normalized spacial score (nSPS) is 23.1. The van der Waals surface area contributed by atoms with E-state index in [-0.39, 0.29) is 10.8 Å². The van der Waals surface area contributed by atoms with Crippen molar-refractivity contribution in [1.29, 1.82) is 0 Å². The molecule has 0 spiro atoms. The van der Waals surface area contributed by atoms with Crippen LogP contribution in [0.3, 0.4) is 0 Å². The predicted molar refractivity (Wildman–Crippen MR) is 45.5 cm³/mol. The number of nitrogens with two attached hydrogens (primary N) is 1. The minimum atomic E-state index is -0.297. The van der Waals surface area contributed by atoms with Crippen molar-refractivity contribution >= 4 is 16.8 Å². The SMILES string of the molecule is NC1(CC(=O)Cl)CCCCC1. The minimum absolute atomic E-state index is 0.281. The quantitative estimate of drug-likeness (QED) is 0.651. The first-order chi connectivity index (χ1) is 5.12. The molecule has 0 saturated heterocycles. The van der Waals surface area contributed by atoms with Crippen LogP contribution in [0.25, 0.3) is 0 Å². The smallest absolute Gasteiger partial charge is 0.223 e. The first kappa shape index (κ1) is 9.01. The lowest BCUT2D eigenvalue weighted by Crippen LogP contribution is -2.42. The fraction of sp³-hybridized carbons (Fsp3) is 0.875. The summed E-state index contributed by atoms with van der Waals surface area (Å²) in [5.41, 5.74) is 5.67. The van der Waals surface area contributed by atoms with Crippen LogP contribution in [0.4, 0.5) is 0 Å². The molecule has 0 unspecified atom stereocenters. The summed E-state index contributed by atoms with van der Waals surface area (Å²) in [4.78, 5) is 10.6. The fourth-order valence-corrected chi connectivity index (χ4v) is 1.98. The Balaban J connectivity index is 2.43. The van der Waals surface area contributed by atoms with Crippen LogP contribution in [0.1, 0.15) is 38.5 Å². The Morgan fingerprint density at radius 1 is 1.36 bits per heavy atom. The molecule has 0 heterocycles. The summed E-state index contributed by atoms with van der Waals surface area (Å²) in [5, 5.41) is -0.297. The topological polar surface area (TPSA) is 43.1 Å². The Kier molecular flexibility index (Phi) is 2.90. The Bertz CT molecular complexity index is 152. The van der Waals surface area contributed by atoms with Crippen molar-refractivity contribution in [3.05, 3.63) is 0 Å². The molecule has 2 N–H and O–H groups in total. The Labute approximate surface area is 72.1 Å². The molecule has 2 nitrogen and oxygen atoms in total. The van der Waals surface area contributed by atoms with Gasteiger partial charge in [-0.3, -0.25) is 4.79 Å². The second-order valence-corrected chi connectivity index (χ2v) is 3.88. The summed E-state index contributed by atoms with van der Waals surface area (Å²) < 4.78 is 0. The molecule has 0 aromatic rings. The Morgan fingerprint density at radius 2 is 1.91 bits per heavy atom. The first-order valence-electron chi connectivity index (χ1n) is 4.10. The van der Waals surface area contributed by atoms with E-state index in [1.807, 2.05) is 0 Å². The van der Waals surface area contributed by atoms with Gasteiger partial charge in [0.1, 0.15) is 0 Å².